The molecule has 0 aliphatic carbocycles. The SMILES string of the molecule is CCOCc1ccccc1NC(=O)N1CCCC1C(C)(C)O. The second-order valence-electron chi connectivity index (χ2n) is 6.23. The Morgan fingerprint density at radius 3 is 2.86 bits per heavy atom. The Morgan fingerprint density at radius 2 is 2.18 bits per heavy atom. The largest absolute Gasteiger partial charge is 0.388 e. The smallest absolute Gasteiger partial charge is 0.322 e. The average Bonchev–Trinajstić information content (AvgIpc) is 2.96. The van der Waals surface area contributed by atoms with Crippen molar-refractivity contribution in [1.29, 1.82) is 0 Å². The number of aliphatic hydroxyl groups is 1. The molecule has 5 heteroatoms. The molecule has 1 saturated heterocycles. The molecule has 2 N–H and O–H groups in total. The Bertz CT molecular complexity index is 511. The molecule has 1 aromatic carbocycles. The maximum absolute atomic E-state index is 12.6. The van der Waals surface area contributed by atoms with E-state index < -0.39 is 5.60 Å². The van der Waals surface area contributed by atoms with Gasteiger partial charge in [0.1, 0.15) is 0 Å². The molecule has 1 aliphatic heterocycles. The highest BCUT2D eigenvalue weighted by Gasteiger charge is 2.38. The van der Waals surface area contributed by atoms with Crippen LogP contribution in [-0.2, 0) is 11.3 Å². The molecular formula is C17H26N2O3. The lowest BCUT2D eigenvalue weighted by molar-refractivity contribution is 0.0117. The first kappa shape index (κ1) is 16.8. The van der Waals surface area contributed by atoms with Gasteiger partial charge in [-0.3, -0.25) is 0 Å². The minimum Gasteiger partial charge on any atom is -0.388 e. The number of amides is 2. The van der Waals surface area contributed by atoms with E-state index in [1.807, 2.05) is 31.2 Å². The zero-order valence-corrected chi connectivity index (χ0v) is 13.6. The van der Waals surface area contributed by atoms with Crippen LogP contribution in [0.1, 0.15) is 39.2 Å². The quantitative estimate of drug-likeness (QED) is 0.879. The fourth-order valence-electron chi connectivity index (χ4n) is 2.91. The van der Waals surface area contributed by atoms with Crippen LogP contribution in [0.3, 0.4) is 0 Å². The number of hydrogen-bond acceptors (Lipinski definition) is 3. The molecule has 0 aromatic heterocycles. The summed E-state index contributed by atoms with van der Waals surface area (Å²) in [5.74, 6) is 0. The van der Waals surface area contributed by atoms with Gasteiger partial charge in [0.15, 0.2) is 0 Å². The van der Waals surface area contributed by atoms with E-state index in [9.17, 15) is 9.90 Å². The number of carbonyl (C=O) groups is 1. The van der Waals surface area contributed by atoms with Crippen LogP contribution in [0.25, 0.3) is 0 Å². The van der Waals surface area contributed by atoms with Crippen molar-refractivity contribution in [3.63, 3.8) is 0 Å². The lowest BCUT2D eigenvalue weighted by atomic mass is 9.97. The normalized spacial score (nSPS) is 18.5. The van der Waals surface area contributed by atoms with Crippen molar-refractivity contribution in [1.82, 2.24) is 4.90 Å². The summed E-state index contributed by atoms with van der Waals surface area (Å²) in [6.45, 7) is 7.24. The third-order valence-corrected chi connectivity index (χ3v) is 4.05. The molecule has 122 valence electrons. The molecule has 1 fully saturated rings. The number of para-hydroxylation sites is 1. The summed E-state index contributed by atoms with van der Waals surface area (Å²) in [6, 6.07) is 7.34. The van der Waals surface area contributed by atoms with Crippen molar-refractivity contribution in [2.75, 3.05) is 18.5 Å². The van der Waals surface area contributed by atoms with E-state index in [0.717, 1.165) is 24.1 Å². The monoisotopic (exact) mass is 306 g/mol. The van der Waals surface area contributed by atoms with E-state index in [1.165, 1.54) is 0 Å². The standard InChI is InChI=1S/C17H26N2O3/c1-4-22-12-13-8-5-6-9-14(13)18-16(20)19-11-7-10-15(19)17(2,3)21/h5-6,8-9,15,21H,4,7,10-12H2,1-3H3,(H,18,20). The van der Waals surface area contributed by atoms with Crippen molar-refractivity contribution >= 4 is 11.7 Å². The molecular weight excluding hydrogens is 280 g/mol. The highest BCUT2D eigenvalue weighted by molar-refractivity contribution is 5.90. The summed E-state index contributed by atoms with van der Waals surface area (Å²) in [7, 11) is 0. The molecule has 2 amide bonds. The first-order valence-electron chi connectivity index (χ1n) is 7.89. The molecule has 1 atom stereocenters. The van der Waals surface area contributed by atoms with E-state index in [2.05, 4.69) is 5.32 Å². The van der Waals surface area contributed by atoms with Crippen molar-refractivity contribution < 1.29 is 14.6 Å². The predicted molar refractivity (Wildman–Crippen MR) is 86.8 cm³/mol. The van der Waals surface area contributed by atoms with Crippen LogP contribution in [0.4, 0.5) is 10.5 Å². The van der Waals surface area contributed by atoms with Gasteiger partial charge in [0.2, 0.25) is 0 Å². The number of nitrogens with one attached hydrogen (secondary N) is 1. The second-order valence-corrected chi connectivity index (χ2v) is 6.23. The van der Waals surface area contributed by atoms with Crippen LogP contribution >= 0.6 is 0 Å². The number of nitrogens with zero attached hydrogens (tertiary/aromatic N) is 1. The van der Waals surface area contributed by atoms with Crippen molar-refractivity contribution in [3.05, 3.63) is 29.8 Å². The Labute approximate surface area is 132 Å². The van der Waals surface area contributed by atoms with E-state index in [-0.39, 0.29) is 12.1 Å². The average molecular weight is 306 g/mol. The van der Waals surface area contributed by atoms with E-state index in [0.29, 0.717) is 19.8 Å². The fraction of sp³-hybridized carbons (Fsp3) is 0.588. The van der Waals surface area contributed by atoms with Gasteiger partial charge < -0.3 is 20.1 Å². The maximum Gasteiger partial charge on any atom is 0.322 e. The van der Waals surface area contributed by atoms with Crippen LogP contribution in [0.2, 0.25) is 0 Å². The highest BCUT2D eigenvalue weighted by atomic mass is 16.5. The Kier molecular flexibility index (Phi) is 5.42. The fourth-order valence-corrected chi connectivity index (χ4v) is 2.91. The molecule has 2 rings (SSSR count). The van der Waals surface area contributed by atoms with Crippen LogP contribution in [-0.4, -0.2) is 40.8 Å². The van der Waals surface area contributed by atoms with Crippen LogP contribution in [0, 0.1) is 0 Å². The third kappa shape index (κ3) is 3.99. The molecule has 5 nitrogen and oxygen atoms in total. The van der Waals surface area contributed by atoms with Gasteiger partial charge in [-0.05, 0) is 39.7 Å². The van der Waals surface area contributed by atoms with Crippen molar-refractivity contribution in [3.8, 4) is 0 Å². The summed E-state index contributed by atoms with van der Waals surface area (Å²) in [4.78, 5) is 14.3. The first-order chi connectivity index (χ1) is 10.4. The number of anilines is 1. The van der Waals surface area contributed by atoms with Gasteiger partial charge in [0.05, 0.1) is 18.2 Å². The van der Waals surface area contributed by atoms with E-state index in [4.69, 9.17) is 4.74 Å². The van der Waals surface area contributed by atoms with Gasteiger partial charge in [0, 0.05) is 24.4 Å². The molecule has 1 aliphatic rings. The number of ether oxygens (including phenoxy) is 1. The Balaban J connectivity index is 2.09. The maximum atomic E-state index is 12.6. The van der Waals surface area contributed by atoms with Gasteiger partial charge in [0.25, 0.3) is 0 Å². The van der Waals surface area contributed by atoms with Gasteiger partial charge in [-0.1, -0.05) is 18.2 Å². The zero-order valence-electron chi connectivity index (χ0n) is 13.6. The Hall–Kier alpha value is -1.59. The number of carbonyl (C=O) groups excluding carboxylic acids is 1. The van der Waals surface area contributed by atoms with Crippen LogP contribution < -0.4 is 5.32 Å². The van der Waals surface area contributed by atoms with E-state index in [1.54, 1.807) is 18.7 Å². The van der Waals surface area contributed by atoms with Crippen LogP contribution in [0.5, 0.6) is 0 Å². The van der Waals surface area contributed by atoms with Gasteiger partial charge >= 0.3 is 6.03 Å². The molecule has 1 heterocycles. The summed E-state index contributed by atoms with van der Waals surface area (Å²) in [6.07, 6.45) is 1.75. The molecule has 1 unspecified atom stereocenters. The lowest BCUT2D eigenvalue weighted by Gasteiger charge is -2.33. The lowest BCUT2D eigenvalue weighted by Crippen LogP contribution is -2.49. The molecule has 1 aromatic rings. The zero-order chi connectivity index (χ0) is 16.2. The van der Waals surface area contributed by atoms with Gasteiger partial charge in [-0.25, -0.2) is 4.79 Å². The summed E-state index contributed by atoms with van der Waals surface area (Å²) < 4.78 is 5.44. The van der Waals surface area contributed by atoms with Crippen LogP contribution in [0.15, 0.2) is 24.3 Å². The van der Waals surface area contributed by atoms with Crippen molar-refractivity contribution in [2.24, 2.45) is 0 Å². The van der Waals surface area contributed by atoms with Gasteiger partial charge in [-0.2, -0.15) is 0 Å². The Morgan fingerprint density at radius 1 is 1.45 bits per heavy atom. The molecule has 0 saturated carbocycles. The number of rotatable bonds is 5. The molecule has 0 spiro atoms. The molecule has 22 heavy (non-hydrogen) atoms. The summed E-state index contributed by atoms with van der Waals surface area (Å²) in [5.41, 5.74) is 0.831. The summed E-state index contributed by atoms with van der Waals surface area (Å²) in [5, 5.41) is 13.2. The first-order valence-corrected chi connectivity index (χ1v) is 7.89. The van der Waals surface area contributed by atoms with Crippen molar-refractivity contribution in [2.45, 2.75) is 51.9 Å². The third-order valence-electron chi connectivity index (χ3n) is 4.05. The number of urea groups is 1. The minimum atomic E-state index is -0.890. The topological polar surface area (TPSA) is 61.8 Å². The second kappa shape index (κ2) is 7.11. The minimum absolute atomic E-state index is 0.147. The molecule has 0 bridgehead atoms. The number of benzene rings is 1. The highest BCUT2D eigenvalue weighted by Crippen LogP contribution is 2.28. The number of likely N-dealkylation sites (tertiary alicyclic amines) is 1. The summed E-state index contributed by atoms with van der Waals surface area (Å²) >= 11 is 0. The molecule has 0 radical (unpaired) electrons. The van der Waals surface area contributed by atoms with Gasteiger partial charge in [-0.15, -0.1) is 0 Å². The van der Waals surface area contributed by atoms with E-state index >= 15 is 0 Å². The number of hydrogen-bond donors (Lipinski definition) is 2. The predicted octanol–water partition coefficient (Wildman–Crippen LogP) is 2.99.